The van der Waals surface area contributed by atoms with Crippen LogP contribution in [0.2, 0.25) is 0 Å². The van der Waals surface area contributed by atoms with Crippen LogP contribution in [-0.2, 0) is 23.6 Å². The molecule has 11 nitrogen and oxygen atoms in total. The average Bonchev–Trinajstić information content (AvgIpc) is 3.64. The molecule has 41 heavy (non-hydrogen) atoms. The zero-order valence-corrected chi connectivity index (χ0v) is 23.8. The Morgan fingerprint density at radius 1 is 1.05 bits per heavy atom. The molecule has 2 aromatic carbocycles. The lowest BCUT2D eigenvalue weighted by atomic mass is 10.0. The molecule has 0 saturated heterocycles. The number of ether oxygens (including phenoxy) is 3. The maximum Gasteiger partial charge on any atom is 0.265 e. The summed E-state index contributed by atoms with van der Waals surface area (Å²) in [5, 5.41) is 14.3. The van der Waals surface area contributed by atoms with Crippen LogP contribution in [0.15, 0.2) is 72.1 Å². The summed E-state index contributed by atoms with van der Waals surface area (Å²) in [5.74, 6) is 1.67. The van der Waals surface area contributed by atoms with E-state index in [-0.39, 0.29) is 34.8 Å². The Bertz CT molecular complexity index is 1670. The molecular weight excluding hydrogens is 544 g/mol. The Balaban J connectivity index is 1.48. The highest BCUT2D eigenvalue weighted by atomic mass is 32.2. The van der Waals surface area contributed by atoms with Gasteiger partial charge in [-0.05, 0) is 55.7 Å². The topological polar surface area (TPSA) is 132 Å². The van der Waals surface area contributed by atoms with Gasteiger partial charge in [0.2, 0.25) is 0 Å². The molecule has 1 aliphatic rings. The van der Waals surface area contributed by atoms with Gasteiger partial charge in [-0.25, -0.2) is 22.7 Å². The number of methoxy groups -OCH3 is 2. The van der Waals surface area contributed by atoms with E-state index in [1.54, 1.807) is 30.5 Å². The van der Waals surface area contributed by atoms with E-state index in [0.717, 1.165) is 29.3 Å². The van der Waals surface area contributed by atoms with Gasteiger partial charge in [0.1, 0.15) is 41.6 Å². The fraction of sp³-hybridized carbons (Fsp3) is 0.310. The second kappa shape index (κ2) is 11.9. The van der Waals surface area contributed by atoms with Gasteiger partial charge in [0.15, 0.2) is 0 Å². The Labute approximate surface area is 239 Å². The maximum absolute atomic E-state index is 14.1. The number of benzene rings is 2. The molecule has 2 heterocycles. The molecule has 0 unspecified atom stereocenters. The molecule has 2 aromatic heterocycles. The van der Waals surface area contributed by atoms with Crippen molar-refractivity contribution < 1.29 is 22.6 Å². The molecule has 5 rings (SSSR count). The quantitative estimate of drug-likeness (QED) is 0.273. The van der Waals surface area contributed by atoms with E-state index in [0.29, 0.717) is 22.8 Å². The second-order valence-corrected chi connectivity index (χ2v) is 11.5. The summed E-state index contributed by atoms with van der Waals surface area (Å²) in [6, 6.07) is 15.1. The number of sulfonamides is 1. The zero-order chi connectivity index (χ0) is 29.0. The predicted octanol–water partition coefficient (Wildman–Crippen LogP) is 4.21. The molecule has 0 N–H and O–H groups in total. The summed E-state index contributed by atoms with van der Waals surface area (Å²) in [7, 11) is 0.758. The summed E-state index contributed by atoms with van der Waals surface area (Å²) >= 11 is 0. The minimum absolute atomic E-state index is 0.0675. The number of nitrogens with zero attached hydrogens (tertiary/aromatic N) is 6. The van der Waals surface area contributed by atoms with Crippen molar-refractivity contribution in [1.82, 2.24) is 19.7 Å². The minimum atomic E-state index is -4.18. The average molecular weight is 575 g/mol. The van der Waals surface area contributed by atoms with Gasteiger partial charge >= 0.3 is 0 Å². The van der Waals surface area contributed by atoms with Gasteiger partial charge < -0.3 is 14.2 Å². The van der Waals surface area contributed by atoms with E-state index in [2.05, 4.69) is 21.1 Å². The molecule has 2 atom stereocenters. The number of hydrogen-bond acceptors (Lipinski definition) is 9. The first kappa shape index (κ1) is 27.9. The van der Waals surface area contributed by atoms with Crippen molar-refractivity contribution in [3.63, 3.8) is 0 Å². The SMILES string of the molecule is COc1ccc(CN(c2ccncn2)S(=O)(=O)c2ccc(O[C@H]3CCC[C@@H]3c3ccnn3C)c(C#N)c2)c(OC)c1. The first-order chi connectivity index (χ1) is 19.8. The van der Waals surface area contributed by atoms with Crippen LogP contribution in [0.3, 0.4) is 0 Å². The Kier molecular flexibility index (Phi) is 8.07. The third-order valence-electron chi connectivity index (χ3n) is 7.26. The van der Waals surface area contributed by atoms with E-state index in [9.17, 15) is 13.7 Å². The summed E-state index contributed by atoms with van der Waals surface area (Å²) in [6.45, 7) is -0.0822. The monoisotopic (exact) mass is 574 g/mol. The third kappa shape index (κ3) is 5.67. The smallest absolute Gasteiger partial charge is 0.265 e. The highest BCUT2D eigenvalue weighted by Crippen LogP contribution is 2.38. The predicted molar refractivity (Wildman–Crippen MR) is 150 cm³/mol. The van der Waals surface area contributed by atoms with E-state index in [1.165, 1.54) is 44.9 Å². The number of aromatic nitrogens is 4. The highest BCUT2D eigenvalue weighted by Gasteiger charge is 2.33. The highest BCUT2D eigenvalue weighted by molar-refractivity contribution is 7.92. The number of rotatable bonds is 10. The van der Waals surface area contributed by atoms with E-state index < -0.39 is 10.0 Å². The molecule has 0 bridgehead atoms. The van der Waals surface area contributed by atoms with Crippen molar-refractivity contribution in [3.05, 3.63) is 84.1 Å². The van der Waals surface area contributed by atoms with Crippen LogP contribution in [0, 0.1) is 11.3 Å². The van der Waals surface area contributed by atoms with E-state index in [1.807, 2.05) is 17.8 Å². The number of nitriles is 1. The molecule has 0 aliphatic heterocycles. The Morgan fingerprint density at radius 3 is 2.59 bits per heavy atom. The number of anilines is 1. The molecular formula is C29H30N6O5S. The standard InChI is InChI=1S/C29H30N6O5S/c1-34-25(11-14-33-34)24-5-4-6-27(24)40-26-10-9-23(15-21(26)17-30)41(36,37)35(29-12-13-31-19-32-29)18-20-7-8-22(38-2)16-28(20)39-3/h7-16,19,24,27H,4-6,18H2,1-3H3/t24-,27+/m1/s1. The van der Waals surface area contributed by atoms with Gasteiger partial charge in [0.25, 0.3) is 10.0 Å². The fourth-order valence-corrected chi connectivity index (χ4v) is 6.59. The van der Waals surface area contributed by atoms with Crippen LogP contribution in [0.4, 0.5) is 5.82 Å². The van der Waals surface area contributed by atoms with Crippen molar-refractivity contribution in [2.24, 2.45) is 7.05 Å². The molecule has 1 fully saturated rings. The lowest BCUT2D eigenvalue weighted by Gasteiger charge is -2.25. The molecule has 1 saturated carbocycles. The Morgan fingerprint density at radius 2 is 1.90 bits per heavy atom. The van der Waals surface area contributed by atoms with Gasteiger partial charge in [-0.1, -0.05) is 0 Å². The third-order valence-corrected chi connectivity index (χ3v) is 9.01. The van der Waals surface area contributed by atoms with Crippen molar-refractivity contribution in [3.8, 4) is 23.3 Å². The molecule has 1 aliphatic carbocycles. The summed E-state index contributed by atoms with van der Waals surface area (Å²) in [4.78, 5) is 8.06. The van der Waals surface area contributed by atoms with Crippen molar-refractivity contribution in [2.75, 3.05) is 18.5 Å². The number of hydrogen-bond donors (Lipinski definition) is 0. The van der Waals surface area contributed by atoms with Crippen LogP contribution in [0.25, 0.3) is 0 Å². The van der Waals surface area contributed by atoms with Crippen molar-refractivity contribution in [2.45, 2.75) is 42.7 Å². The molecule has 12 heteroatoms. The van der Waals surface area contributed by atoms with E-state index in [4.69, 9.17) is 14.2 Å². The van der Waals surface area contributed by atoms with Crippen LogP contribution in [0.1, 0.15) is 42.0 Å². The molecule has 4 aromatic rings. The summed E-state index contributed by atoms with van der Waals surface area (Å²) < 4.78 is 48.2. The first-order valence-corrected chi connectivity index (χ1v) is 14.5. The van der Waals surface area contributed by atoms with Crippen molar-refractivity contribution >= 4 is 15.8 Å². The van der Waals surface area contributed by atoms with Gasteiger partial charge in [-0.2, -0.15) is 10.4 Å². The fourth-order valence-electron chi connectivity index (χ4n) is 5.16. The largest absolute Gasteiger partial charge is 0.497 e. The first-order valence-electron chi connectivity index (χ1n) is 13.0. The van der Waals surface area contributed by atoms with E-state index >= 15 is 0 Å². The lowest BCUT2D eigenvalue weighted by Crippen LogP contribution is -2.31. The Hall–Kier alpha value is -4.63. The van der Waals surface area contributed by atoms with Crippen LogP contribution in [0.5, 0.6) is 17.2 Å². The van der Waals surface area contributed by atoms with Crippen molar-refractivity contribution in [1.29, 1.82) is 5.26 Å². The number of aryl methyl sites for hydroxylation is 1. The maximum atomic E-state index is 14.1. The molecule has 0 amide bonds. The molecule has 0 spiro atoms. The van der Waals surface area contributed by atoms with Crippen LogP contribution >= 0.6 is 0 Å². The van der Waals surface area contributed by atoms with Gasteiger partial charge in [-0.15, -0.1) is 0 Å². The minimum Gasteiger partial charge on any atom is -0.497 e. The molecule has 0 radical (unpaired) electrons. The van der Waals surface area contributed by atoms with Gasteiger partial charge in [0, 0.05) is 48.7 Å². The summed E-state index contributed by atoms with van der Waals surface area (Å²) in [6.07, 6.45) is 7.11. The van der Waals surface area contributed by atoms with Crippen LogP contribution in [-0.4, -0.2) is 48.5 Å². The summed E-state index contributed by atoms with van der Waals surface area (Å²) in [5.41, 5.74) is 1.80. The van der Waals surface area contributed by atoms with Gasteiger partial charge in [0.05, 0.1) is 31.2 Å². The normalized spacial score (nSPS) is 16.6. The van der Waals surface area contributed by atoms with Crippen LogP contribution < -0.4 is 18.5 Å². The second-order valence-electron chi connectivity index (χ2n) is 9.60. The molecule has 212 valence electrons. The lowest BCUT2D eigenvalue weighted by molar-refractivity contribution is 0.186. The van der Waals surface area contributed by atoms with Gasteiger partial charge in [-0.3, -0.25) is 4.68 Å². The zero-order valence-electron chi connectivity index (χ0n) is 23.0.